The lowest BCUT2D eigenvalue weighted by atomic mass is 10.2. The molecule has 0 spiro atoms. The van der Waals surface area contributed by atoms with Gasteiger partial charge in [-0.25, -0.2) is 4.98 Å². The first kappa shape index (κ1) is 14.8. The average molecular weight is 303 g/mol. The summed E-state index contributed by atoms with van der Waals surface area (Å²) in [6, 6.07) is 20.8. The molecule has 3 rings (SSSR count). The Kier molecular flexibility index (Phi) is 4.34. The van der Waals surface area contributed by atoms with E-state index in [0.717, 1.165) is 16.9 Å². The molecule has 4 heteroatoms. The number of carbonyl (C=O) groups is 1. The number of carbonyl (C=O) groups excluding carboxylic acids is 1. The molecule has 1 heterocycles. The number of pyridine rings is 1. The van der Waals surface area contributed by atoms with Crippen molar-refractivity contribution in [3.63, 3.8) is 0 Å². The second-order valence-corrected chi connectivity index (χ2v) is 5.21. The standard InChI is InChI=1S/C19H17N3O/c1-14-7-5-10-16(13-14)21-18-17(11-6-12-20-18)19(23)22-15-8-3-2-4-9-15/h2-13H,1H3,(H,20,21)(H,22,23). The highest BCUT2D eigenvalue weighted by molar-refractivity contribution is 6.07. The number of benzene rings is 2. The van der Waals surface area contributed by atoms with Crippen molar-refractivity contribution < 1.29 is 4.79 Å². The zero-order valence-electron chi connectivity index (χ0n) is 12.8. The molecule has 4 nitrogen and oxygen atoms in total. The maximum atomic E-state index is 12.5. The third-order valence-corrected chi connectivity index (χ3v) is 3.36. The van der Waals surface area contributed by atoms with E-state index in [-0.39, 0.29) is 5.91 Å². The number of aryl methyl sites for hydroxylation is 1. The van der Waals surface area contributed by atoms with Crippen LogP contribution in [0.5, 0.6) is 0 Å². The van der Waals surface area contributed by atoms with Gasteiger partial charge in [0.05, 0.1) is 5.56 Å². The van der Waals surface area contributed by atoms with Gasteiger partial charge in [-0.15, -0.1) is 0 Å². The van der Waals surface area contributed by atoms with Crippen molar-refractivity contribution in [1.82, 2.24) is 4.98 Å². The molecule has 1 aromatic heterocycles. The molecule has 0 radical (unpaired) electrons. The van der Waals surface area contributed by atoms with Crippen LogP contribution in [0, 0.1) is 6.92 Å². The summed E-state index contributed by atoms with van der Waals surface area (Å²) in [6.45, 7) is 2.02. The molecule has 0 bridgehead atoms. The zero-order valence-corrected chi connectivity index (χ0v) is 12.8. The van der Waals surface area contributed by atoms with E-state index in [1.165, 1.54) is 0 Å². The summed E-state index contributed by atoms with van der Waals surface area (Å²) in [7, 11) is 0. The summed E-state index contributed by atoms with van der Waals surface area (Å²) in [6.07, 6.45) is 1.66. The van der Waals surface area contributed by atoms with Gasteiger partial charge in [0.2, 0.25) is 0 Å². The van der Waals surface area contributed by atoms with E-state index in [9.17, 15) is 4.79 Å². The van der Waals surface area contributed by atoms with Crippen molar-refractivity contribution >= 4 is 23.1 Å². The molecule has 0 atom stereocenters. The maximum Gasteiger partial charge on any atom is 0.259 e. The minimum atomic E-state index is -0.195. The second kappa shape index (κ2) is 6.75. The lowest BCUT2D eigenvalue weighted by molar-refractivity contribution is 0.102. The Balaban J connectivity index is 1.84. The SMILES string of the molecule is Cc1cccc(Nc2ncccc2C(=O)Nc2ccccc2)c1. The number of anilines is 3. The number of amides is 1. The highest BCUT2D eigenvalue weighted by Gasteiger charge is 2.12. The Bertz CT molecular complexity index is 816. The molecule has 3 aromatic rings. The van der Waals surface area contributed by atoms with E-state index in [0.29, 0.717) is 11.4 Å². The summed E-state index contributed by atoms with van der Waals surface area (Å²) in [4.78, 5) is 16.8. The molecule has 0 saturated carbocycles. The van der Waals surface area contributed by atoms with Crippen molar-refractivity contribution in [2.45, 2.75) is 6.92 Å². The predicted molar refractivity (Wildman–Crippen MR) is 93.1 cm³/mol. The summed E-state index contributed by atoms with van der Waals surface area (Å²) in [5, 5.41) is 6.08. The maximum absolute atomic E-state index is 12.5. The third kappa shape index (κ3) is 3.74. The van der Waals surface area contributed by atoms with Crippen molar-refractivity contribution in [3.8, 4) is 0 Å². The quantitative estimate of drug-likeness (QED) is 0.751. The largest absolute Gasteiger partial charge is 0.340 e. The van der Waals surface area contributed by atoms with Crippen LogP contribution in [0.1, 0.15) is 15.9 Å². The Morgan fingerprint density at radius 1 is 0.913 bits per heavy atom. The van der Waals surface area contributed by atoms with Crippen LogP contribution in [0.2, 0.25) is 0 Å². The van der Waals surface area contributed by atoms with Crippen LogP contribution in [0.4, 0.5) is 17.2 Å². The molecule has 1 amide bonds. The van der Waals surface area contributed by atoms with Gasteiger partial charge in [-0.2, -0.15) is 0 Å². The van der Waals surface area contributed by atoms with E-state index in [1.807, 2.05) is 61.5 Å². The number of aromatic nitrogens is 1. The van der Waals surface area contributed by atoms with Crippen LogP contribution in [0.3, 0.4) is 0 Å². The predicted octanol–water partition coefficient (Wildman–Crippen LogP) is 4.39. The van der Waals surface area contributed by atoms with E-state index < -0.39 is 0 Å². The number of nitrogens with zero attached hydrogens (tertiary/aromatic N) is 1. The lowest BCUT2D eigenvalue weighted by Crippen LogP contribution is -2.14. The topological polar surface area (TPSA) is 54.0 Å². The average Bonchev–Trinajstić information content (AvgIpc) is 2.56. The van der Waals surface area contributed by atoms with Gasteiger partial charge >= 0.3 is 0 Å². The Labute approximate surface area is 135 Å². The van der Waals surface area contributed by atoms with Gasteiger partial charge in [-0.3, -0.25) is 4.79 Å². The highest BCUT2D eigenvalue weighted by Crippen LogP contribution is 2.20. The van der Waals surface area contributed by atoms with E-state index in [1.54, 1.807) is 18.3 Å². The minimum Gasteiger partial charge on any atom is -0.340 e. The first-order valence-corrected chi connectivity index (χ1v) is 7.37. The number of hydrogen-bond acceptors (Lipinski definition) is 3. The minimum absolute atomic E-state index is 0.195. The molecule has 2 aromatic carbocycles. The number of hydrogen-bond donors (Lipinski definition) is 2. The summed E-state index contributed by atoms with van der Waals surface area (Å²) < 4.78 is 0. The second-order valence-electron chi connectivity index (χ2n) is 5.21. The van der Waals surface area contributed by atoms with Crippen molar-refractivity contribution in [3.05, 3.63) is 84.1 Å². The molecule has 23 heavy (non-hydrogen) atoms. The van der Waals surface area contributed by atoms with Crippen molar-refractivity contribution in [1.29, 1.82) is 0 Å². The molecule has 0 fully saturated rings. The van der Waals surface area contributed by atoms with E-state index in [2.05, 4.69) is 15.6 Å². The third-order valence-electron chi connectivity index (χ3n) is 3.36. The van der Waals surface area contributed by atoms with Gasteiger partial charge in [0, 0.05) is 17.6 Å². The van der Waals surface area contributed by atoms with Crippen molar-refractivity contribution in [2.75, 3.05) is 10.6 Å². The van der Waals surface area contributed by atoms with Crippen LogP contribution in [-0.2, 0) is 0 Å². The number of rotatable bonds is 4. The molecule has 2 N–H and O–H groups in total. The van der Waals surface area contributed by atoms with Gasteiger partial charge in [0.1, 0.15) is 5.82 Å². The first-order chi connectivity index (χ1) is 11.2. The molecule has 0 aliphatic carbocycles. The van der Waals surface area contributed by atoms with E-state index >= 15 is 0 Å². The van der Waals surface area contributed by atoms with Gasteiger partial charge in [-0.1, -0.05) is 30.3 Å². The fourth-order valence-electron chi connectivity index (χ4n) is 2.27. The molecule has 0 unspecified atom stereocenters. The highest BCUT2D eigenvalue weighted by atomic mass is 16.1. The number of nitrogens with one attached hydrogen (secondary N) is 2. The molecular formula is C19H17N3O. The van der Waals surface area contributed by atoms with Crippen LogP contribution in [-0.4, -0.2) is 10.9 Å². The van der Waals surface area contributed by atoms with Gasteiger partial charge in [-0.05, 0) is 48.9 Å². The van der Waals surface area contributed by atoms with Gasteiger partial charge in [0.15, 0.2) is 0 Å². The Morgan fingerprint density at radius 2 is 1.70 bits per heavy atom. The summed E-state index contributed by atoms with van der Waals surface area (Å²) >= 11 is 0. The van der Waals surface area contributed by atoms with Crippen LogP contribution >= 0.6 is 0 Å². The van der Waals surface area contributed by atoms with Crippen LogP contribution in [0.15, 0.2) is 72.9 Å². The van der Waals surface area contributed by atoms with Crippen molar-refractivity contribution in [2.24, 2.45) is 0 Å². The summed E-state index contributed by atoms with van der Waals surface area (Å²) in [5.74, 6) is 0.339. The Hall–Kier alpha value is -3.14. The van der Waals surface area contributed by atoms with Crippen LogP contribution in [0.25, 0.3) is 0 Å². The lowest BCUT2D eigenvalue weighted by Gasteiger charge is -2.11. The fraction of sp³-hybridized carbons (Fsp3) is 0.0526. The normalized spacial score (nSPS) is 10.1. The zero-order chi connectivity index (χ0) is 16.1. The molecule has 0 aliphatic heterocycles. The van der Waals surface area contributed by atoms with E-state index in [4.69, 9.17) is 0 Å². The van der Waals surface area contributed by atoms with Crippen LogP contribution < -0.4 is 10.6 Å². The number of para-hydroxylation sites is 1. The molecule has 0 aliphatic rings. The first-order valence-electron chi connectivity index (χ1n) is 7.37. The van der Waals surface area contributed by atoms with Gasteiger partial charge in [0.25, 0.3) is 5.91 Å². The monoisotopic (exact) mass is 303 g/mol. The van der Waals surface area contributed by atoms with Gasteiger partial charge < -0.3 is 10.6 Å². The summed E-state index contributed by atoms with van der Waals surface area (Å²) in [5.41, 5.74) is 3.29. The smallest absolute Gasteiger partial charge is 0.259 e. The fourth-order valence-corrected chi connectivity index (χ4v) is 2.27. The Morgan fingerprint density at radius 3 is 2.48 bits per heavy atom. The molecule has 0 saturated heterocycles. The molecular weight excluding hydrogens is 286 g/mol. The molecule has 114 valence electrons.